The van der Waals surface area contributed by atoms with Crippen LogP contribution in [0.4, 0.5) is 0 Å². The van der Waals surface area contributed by atoms with Crippen molar-refractivity contribution in [1.29, 1.82) is 0 Å². The highest BCUT2D eigenvalue weighted by molar-refractivity contribution is 5.39. The van der Waals surface area contributed by atoms with Crippen LogP contribution in [0.25, 0.3) is 5.65 Å². The number of hydrogen-bond donors (Lipinski definition) is 1. The fraction of sp³-hybridized carbons (Fsp3) is 0.300. The molecule has 0 saturated carbocycles. The Balaban J connectivity index is 0.000000251. The van der Waals surface area contributed by atoms with Gasteiger partial charge in [0.2, 0.25) is 0 Å². The minimum Gasteiger partial charge on any atom is -0.323 e. The van der Waals surface area contributed by atoms with E-state index in [0.717, 1.165) is 5.65 Å². The summed E-state index contributed by atoms with van der Waals surface area (Å²) in [4.78, 5) is 4.18. The number of aryl methyl sites for hydroxylation is 1. The maximum Gasteiger partial charge on any atom is 0.136 e. The first-order chi connectivity index (χ1) is 6.29. The molecule has 0 bridgehead atoms. The fourth-order valence-electron chi connectivity index (χ4n) is 1.06. The van der Waals surface area contributed by atoms with Gasteiger partial charge in [-0.3, -0.25) is 0 Å². The summed E-state index contributed by atoms with van der Waals surface area (Å²) in [6.07, 6.45) is 3.88. The van der Waals surface area contributed by atoms with Crippen molar-refractivity contribution in [3.8, 4) is 0 Å². The van der Waals surface area contributed by atoms with Crippen LogP contribution in [0.3, 0.4) is 0 Å². The van der Waals surface area contributed by atoms with E-state index in [4.69, 9.17) is 0 Å². The molecular formula is C10H15N3. The first-order valence-electron chi connectivity index (χ1n) is 4.26. The fourth-order valence-corrected chi connectivity index (χ4v) is 1.06. The Kier molecular flexibility index (Phi) is 3.46. The summed E-state index contributed by atoms with van der Waals surface area (Å²) in [7, 11) is 3.75. The summed E-state index contributed by atoms with van der Waals surface area (Å²) in [6, 6.07) is 5.98. The van der Waals surface area contributed by atoms with Crippen LogP contribution in [0.5, 0.6) is 0 Å². The number of nitrogens with one attached hydrogen (secondary N) is 1. The Morgan fingerprint density at radius 3 is 2.62 bits per heavy atom. The van der Waals surface area contributed by atoms with Crippen LogP contribution < -0.4 is 5.32 Å². The molecule has 2 rings (SSSR count). The molecule has 0 spiro atoms. The van der Waals surface area contributed by atoms with Gasteiger partial charge in [-0.25, -0.2) is 4.98 Å². The normalized spacial score (nSPS) is 9.46. The van der Waals surface area contributed by atoms with Crippen molar-refractivity contribution < 1.29 is 0 Å². The monoisotopic (exact) mass is 177 g/mol. The second-order valence-corrected chi connectivity index (χ2v) is 2.83. The minimum atomic E-state index is 1.01. The second-order valence-electron chi connectivity index (χ2n) is 2.83. The number of rotatable bonds is 0. The number of nitrogens with zero attached hydrogens (tertiary/aromatic N) is 2. The van der Waals surface area contributed by atoms with Crippen LogP contribution in [0.1, 0.15) is 5.69 Å². The van der Waals surface area contributed by atoms with Gasteiger partial charge in [0.05, 0.1) is 0 Å². The largest absolute Gasteiger partial charge is 0.323 e. The molecule has 3 nitrogen and oxygen atoms in total. The number of fused-ring (bicyclic) bond motifs is 1. The van der Waals surface area contributed by atoms with Gasteiger partial charge in [0.15, 0.2) is 0 Å². The predicted molar refractivity (Wildman–Crippen MR) is 54.9 cm³/mol. The molecule has 0 saturated heterocycles. The Morgan fingerprint density at radius 2 is 2.00 bits per heavy atom. The highest BCUT2D eigenvalue weighted by Crippen LogP contribution is 2.02. The van der Waals surface area contributed by atoms with Gasteiger partial charge in [-0.15, -0.1) is 0 Å². The van der Waals surface area contributed by atoms with Crippen molar-refractivity contribution in [2.75, 3.05) is 14.1 Å². The van der Waals surface area contributed by atoms with E-state index in [0.29, 0.717) is 0 Å². The molecule has 0 aliphatic rings. The van der Waals surface area contributed by atoms with Crippen molar-refractivity contribution in [2.24, 2.45) is 0 Å². The molecule has 0 aliphatic carbocycles. The lowest BCUT2D eigenvalue weighted by molar-refractivity contribution is 1.02. The van der Waals surface area contributed by atoms with Crippen molar-refractivity contribution in [3.05, 3.63) is 36.3 Å². The van der Waals surface area contributed by atoms with Crippen molar-refractivity contribution in [2.45, 2.75) is 6.92 Å². The summed E-state index contributed by atoms with van der Waals surface area (Å²) < 4.78 is 2.06. The Bertz CT molecular complexity index is 365. The highest BCUT2D eigenvalue weighted by Gasteiger charge is 1.93. The number of pyridine rings is 1. The van der Waals surface area contributed by atoms with E-state index in [1.165, 1.54) is 5.69 Å². The molecule has 0 aromatic carbocycles. The van der Waals surface area contributed by atoms with E-state index in [2.05, 4.69) is 14.7 Å². The predicted octanol–water partition coefficient (Wildman–Crippen LogP) is 1.48. The van der Waals surface area contributed by atoms with Crippen molar-refractivity contribution in [3.63, 3.8) is 0 Å². The average molecular weight is 177 g/mol. The standard InChI is InChI=1S/C8H8N2.C2H7N/c1-7-6-9-8-4-2-3-5-10(7)8;1-3-2/h2-6H,1H3;3H,1-2H3. The van der Waals surface area contributed by atoms with E-state index in [-0.39, 0.29) is 0 Å². The maximum absolute atomic E-state index is 4.18. The van der Waals surface area contributed by atoms with Gasteiger partial charge in [0, 0.05) is 18.1 Å². The van der Waals surface area contributed by atoms with Crippen molar-refractivity contribution in [1.82, 2.24) is 14.7 Å². The van der Waals surface area contributed by atoms with E-state index in [1.807, 2.05) is 51.6 Å². The van der Waals surface area contributed by atoms with Gasteiger partial charge in [0.25, 0.3) is 0 Å². The number of aromatic nitrogens is 2. The molecular weight excluding hydrogens is 162 g/mol. The topological polar surface area (TPSA) is 29.3 Å². The lowest BCUT2D eigenvalue weighted by atomic mass is 10.4. The van der Waals surface area contributed by atoms with E-state index in [1.54, 1.807) is 0 Å². The Morgan fingerprint density at radius 1 is 1.31 bits per heavy atom. The first-order valence-corrected chi connectivity index (χ1v) is 4.26. The molecule has 0 atom stereocenters. The molecule has 1 N–H and O–H groups in total. The van der Waals surface area contributed by atoms with Crippen LogP contribution in [0, 0.1) is 6.92 Å². The Hall–Kier alpha value is -1.35. The van der Waals surface area contributed by atoms with E-state index in [9.17, 15) is 0 Å². The zero-order chi connectivity index (χ0) is 9.68. The minimum absolute atomic E-state index is 1.01. The number of hydrogen-bond acceptors (Lipinski definition) is 2. The molecule has 2 heterocycles. The SMILES string of the molecule is CNC.Cc1cnc2ccccn12. The van der Waals surface area contributed by atoms with Gasteiger partial charge < -0.3 is 9.72 Å². The van der Waals surface area contributed by atoms with Crippen LogP contribution in [-0.2, 0) is 0 Å². The zero-order valence-electron chi connectivity index (χ0n) is 8.28. The summed E-state index contributed by atoms with van der Waals surface area (Å²) in [5.74, 6) is 0. The molecule has 70 valence electrons. The summed E-state index contributed by atoms with van der Waals surface area (Å²) >= 11 is 0. The molecule has 0 amide bonds. The van der Waals surface area contributed by atoms with Gasteiger partial charge >= 0.3 is 0 Å². The lowest BCUT2D eigenvalue weighted by Crippen LogP contribution is -1.89. The van der Waals surface area contributed by atoms with Crippen LogP contribution in [0.2, 0.25) is 0 Å². The average Bonchev–Trinajstić information content (AvgIpc) is 2.50. The zero-order valence-corrected chi connectivity index (χ0v) is 8.28. The smallest absolute Gasteiger partial charge is 0.136 e. The molecule has 2 aromatic heterocycles. The Labute approximate surface area is 78.4 Å². The second kappa shape index (κ2) is 4.62. The van der Waals surface area contributed by atoms with Gasteiger partial charge in [-0.05, 0) is 33.2 Å². The summed E-state index contributed by atoms with van der Waals surface area (Å²) in [6.45, 7) is 2.04. The molecule has 3 heteroatoms. The quantitative estimate of drug-likeness (QED) is 0.660. The molecule has 0 aliphatic heterocycles. The third-order valence-corrected chi connectivity index (χ3v) is 1.60. The molecule has 2 aromatic rings. The van der Waals surface area contributed by atoms with Crippen LogP contribution in [-0.4, -0.2) is 23.5 Å². The summed E-state index contributed by atoms with van der Waals surface area (Å²) in [5.41, 5.74) is 2.19. The third-order valence-electron chi connectivity index (χ3n) is 1.60. The third kappa shape index (κ3) is 2.29. The number of imidazole rings is 1. The lowest BCUT2D eigenvalue weighted by Gasteiger charge is -1.91. The first kappa shape index (κ1) is 9.74. The molecule has 13 heavy (non-hydrogen) atoms. The molecule has 0 radical (unpaired) electrons. The molecule has 0 fully saturated rings. The van der Waals surface area contributed by atoms with Gasteiger partial charge in [-0.2, -0.15) is 0 Å². The van der Waals surface area contributed by atoms with Crippen LogP contribution in [0.15, 0.2) is 30.6 Å². The van der Waals surface area contributed by atoms with Gasteiger partial charge in [-0.1, -0.05) is 6.07 Å². The van der Waals surface area contributed by atoms with E-state index < -0.39 is 0 Å². The van der Waals surface area contributed by atoms with E-state index >= 15 is 0 Å². The highest BCUT2D eigenvalue weighted by atomic mass is 15.0. The molecule has 0 unspecified atom stereocenters. The maximum atomic E-state index is 4.18. The van der Waals surface area contributed by atoms with Crippen LogP contribution >= 0.6 is 0 Å². The summed E-state index contributed by atoms with van der Waals surface area (Å²) in [5, 5.41) is 2.75. The van der Waals surface area contributed by atoms with Crippen molar-refractivity contribution >= 4 is 5.65 Å². The van der Waals surface area contributed by atoms with Gasteiger partial charge in [0.1, 0.15) is 5.65 Å².